The van der Waals surface area contributed by atoms with Crippen molar-refractivity contribution in [2.45, 2.75) is 6.92 Å². The van der Waals surface area contributed by atoms with E-state index >= 15 is 0 Å². The Hall–Kier alpha value is -1.10. The van der Waals surface area contributed by atoms with Crippen LogP contribution in [-0.4, -0.2) is 19.2 Å². The summed E-state index contributed by atoms with van der Waals surface area (Å²) >= 11 is 3.12. The van der Waals surface area contributed by atoms with Crippen LogP contribution in [0.3, 0.4) is 0 Å². The summed E-state index contributed by atoms with van der Waals surface area (Å²) < 4.78 is 22.9. The lowest BCUT2D eigenvalue weighted by molar-refractivity contribution is -0.145. The summed E-state index contributed by atoms with van der Waals surface area (Å²) in [5.74, 6) is -0.413. The monoisotopic (exact) mass is 276 g/mol. The summed E-state index contributed by atoms with van der Waals surface area (Å²) in [5, 5.41) is 0. The Labute approximate surface area is 95.3 Å². The molecule has 0 aliphatic carbocycles. The van der Waals surface area contributed by atoms with E-state index in [1.807, 2.05) is 0 Å². The van der Waals surface area contributed by atoms with Crippen LogP contribution in [0.4, 0.5) is 4.39 Å². The minimum absolute atomic E-state index is 0.182. The molecule has 0 amide bonds. The number of carbonyl (C=O) groups excluding carboxylic acids is 1. The van der Waals surface area contributed by atoms with Gasteiger partial charge in [0.25, 0.3) is 0 Å². The first-order chi connectivity index (χ1) is 7.13. The third kappa shape index (κ3) is 3.87. The highest BCUT2D eigenvalue weighted by Gasteiger charge is 2.06. The highest BCUT2D eigenvalue weighted by Crippen LogP contribution is 2.25. The zero-order valence-corrected chi connectivity index (χ0v) is 9.71. The third-order valence-electron chi connectivity index (χ3n) is 1.54. The van der Waals surface area contributed by atoms with Crippen LogP contribution in [0.25, 0.3) is 0 Å². The molecule has 0 fully saturated rings. The van der Waals surface area contributed by atoms with Crippen molar-refractivity contribution in [1.29, 1.82) is 0 Å². The van der Waals surface area contributed by atoms with E-state index in [1.165, 1.54) is 18.2 Å². The molecule has 0 saturated heterocycles. The topological polar surface area (TPSA) is 35.5 Å². The standard InChI is InChI=1S/C10H10BrFO3/c1-2-14-10(13)6-15-9-4-3-7(12)5-8(9)11/h3-5H,2,6H2,1H3. The lowest BCUT2D eigenvalue weighted by Gasteiger charge is -2.07. The van der Waals surface area contributed by atoms with Crippen molar-refractivity contribution in [2.75, 3.05) is 13.2 Å². The number of rotatable bonds is 4. The van der Waals surface area contributed by atoms with Crippen LogP contribution in [-0.2, 0) is 9.53 Å². The van der Waals surface area contributed by atoms with Gasteiger partial charge in [0, 0.05) is 0 Å². The van der Waals surface area contributed by atoms with Crippen LogP contribution < -0.4 is 4.74 Å². The Morgan fingerprint density at radius 2 is 2.27 bits per heavy atom. The summed E-state index contributed by atoms with van der Waals surface area (Å²) in [6.07, 6.45) is 0. The molecule has 0 aromatic heterocycles. The first-order valence-electron chi connectivity index (χ1n) is 4.37. The minimum atomic E-state index is -0.450. The fourth-order valence-electron chi connectivity index (χ4n) is 0.932. The van der Waals surface area contributed by atoms with E-state index in [0.29, 0.717) is 16.8 Å². The van der Waals surface area contributed by atoms with Crippen molar-refractivity contribution in [3.63, 3.8) is 0 Å². The van der Waals surface area contributed by atoms with E-state index in [0.717, 1.165) is 0 Å². The summed E-state index contributed by atoms with van der Waals surface area (Å²) in [6.45, 7) is 1.84. The average Bonchev–Trinajstić information content (AvgIpc) is 2.17. The maximum Gasteiger partial charge on any atom is 0.344 e. The average molecular weight is 277 g/mol. The van der Waals surface area contributed by atoms with E-state index in [1.54, 1.807) is 6.92 Å². The Morgan fingerprint density at radius 1 is 1.53 bits per heavy atom. The molecule has 0 aliphatic rings. The number of ether oxygens (including phenoxy) is 2. The van der Waals surface area contributed by atoms with Crippen LogP contribution >= 0.6 is 15.9 Å². The molecule has 5 heteroatoms. The largest absolute Gasteiger partial charge is 0.481 e. The number of esters is 1. The molecule has 82 valence electrons. The van der Waals surface area contributed by atoms with Gasteiger partial charge < -0.3 is 9.47 Å². The van der Waals surface area contributed by atoms with Gasteiger partial charge in [-0.15, -0.1) is 0 Å². The van der Waals surface area contributed by atoms with Crippen LogP contribution in [0.1, 0.15) is 6.92 Å². The third-order valence-corrected chi connectivity index (χ3v) is 2.16. The van der Waals surface area contributed by atoms with E-state index < -0.39 is 5.97 Å². The fraction of sp³-hybridized carbons (Fsp3) is 0.300. The molecule has 1 aromatic carbocycles. The molecule has 0 spiro atoms. The second-order valence-corrected chi connectivity index (χ2v) is 3.52. The van der Waals surface area contributed by atoms with E-state index in [4.69, 9.17) is 4.74 Å². The molecule has 1 rings (SSSR count). The van der Waals surface area contributed by atoms with Gasteiger partial charge >= 0.3 is 5.97 Å². The maximum atomic E-state index is 12.7. The van der Waals surface area contributed by atoms with E-state index in [9.17, 15) is 9.18 Å². The van der Waals surface area contributed by atoms with E-state index in [-0.39, 0.29) is 12.4 Å². The fourth-order valence-corrected chi connectivity index (χ4v) is 1.40. The molecular formula is C10H10BrFO3. The molecule has 0 atom stereocenters. The molecule has 0 heterocycles. The molecular weight excluding hydrogens is 267 g/mol. The number of halogens is 2. The second kappa shape index (κ2) is 5.70. The maximum absolute atomic E-state index is 12.7. The summed E-state index contributed by atoms with van der Waals surface area (Å²) in [7, 11) is 0. The van der Waals surface area contributed by atoms with Crippen molar-refractivity contribution < 1.29 is 18.7 Å². The Kier molecular flexibility index (Phi) is 4.55. The lowest BCUT2D eigenvalue weighted by atomic mass is 10.3. The summed E-state index contributed by atoms with van der Waals surface area (Å²) in [5.41, 5.74) is 0. The van der Waals surface area contributed by atoms with Gasteiger partial charge in [0.1, 0.15) is 11.6 Å². The van der Waals surface area contributed by atoms with Gasteiger partial charge in [-0.2, -0.15) is 0 Å². The zero-order chi connectivity index (χ0) is 11.3. The van der Waals surface area contributed by atoms with Gasteiger partial charge in [-0.3, -0.25) is 0 Å². The van der Waals surface area contributed by atoms with Crippen LogP contribution in [0, 0.1) is 5.82 Å². The van der Waals surface area contributed by atoms with Gasteiger partial charge in [0.05, 0.1) is 11.1 Å². The number of hydrogen-bond donors (Lipinski definition) is 0. The van der Waals surface area contributed by atoms with E-state index in [2.05, 4.69) is 20.7 Å². The Balaban J connectivity index is 2.54. The second-order valence-electron chi connectivity index (χ2n) is 2.67. The van der Waals surface area contributed by atoms with Crippen LogP contribution in [0.2, 0.25) is 0 Å². The van der Waals surface area contributed by atoms with Crippen molar-refractivity contribution in [3.05, 3.63) is 28.5 Å². The first-order valence-corrected chi connectivity index (χ1v) is 5.16. The highest BCUT2D eigenvalue weighted by atomic mass is 79.9. The molecule has 15 heavy (non-hydrogen) atoms. The molecule has 0 aliphatic heterocycles. The predicted molar refractivity (Wildman–Crippen MR) is 56.2 cm³/mol. The highest BCUT2D eigenvalue weighted by molar-refractivity contribution is 9.10. The Bertz CT molecular complexity index is 355. The quantitative estimate of drug-likeness (QED) is 0.793. The van der Waals surface area contributed by atoms with Crippen molar-refractivity contribution in [3.8, 4) is 5.75 Å². The number of benzene rings is 1. The van der Waals surface area contributed by atoms with Crippen LogP contribution in [0.15, 0.2) is 22.7 Å². The molecule has 0 saturated carbocycles. The summed E-state index contributed by atoms with van der Waals surface area (Å²) in [6, 6.07) is 3.96. The molecule has 0 radical (unpaired) electrons. The lowest BCUT2D eigenvalue weighted by Crippen LogP contribution is -2.14. The number of hydrogen-bond acceptors (Lipinski definition) is 3. The van der Waals surface area contributed by atoms with Gasteiger partial charge in [-0.1, -0.05) is 0 Å². The summed E-state index contributed by atoms with van der Waals surface area (Å²) in [4.78, 5) is 11.0. The molecule has 3 nitrogen and oxygen atoms in total. The van der Waals surface area contributed by atoms with Crippen molar-refractivity contribution >= 4 is 21.9 Å². The Morgan fingerprint density at radius 3 is 2.87 bits per heavy atom. The number of carbonyl (C=O) groups is 1. The smallest absolute Gasteiger partial charge is 0.344 e. The van der Waals surface area contributed by atoms with Crippen LogP contribution in [0.5, 0.6) is 5.75 Å². The molecule has 0 unspecified atom stereocenters. The minimum Gasteiger partial charge on any atom is -0.481 e. The SMILES string of the molecule is CCOC(=O)COc1ccc(F)cc1Br. The van der Waals surface area contributed by atoms with Crippen molar-refractivity contribution in [2.24, 2.45) is 0 Å². The predicted octanol–water partition coefficient (Wildman–Crippen LogP) is 2.53. The molecule has 1 aromatic rings. The van der Waals surface area contributed by atoms with Gasteiger partial charge in [-0.05, 0) is 41.1 Å². The first kappa shape index (κ1) is 12.0. The van der Waals surface area contributed by atoms with Gasteiger partial charge in [0.2, 0.25) is 0 Å². The van der Waals surface area contributed by atoms with Gasteiger partial charge in [0.15, 0.2) is 6.61 Å². The van der Waals surface area contributed by atoms with Gasteiger partial charge in [-0.25, -0.2) is 9.18 Å². The van der Waals surface area contributed by atoms with Crippen molar-refractivity contribution in [1.82, 2.24) is 0 Å². The molecule has 0 N–H and O–H groups in total. The normalized spacial score (nSPS) is 9.80. The molecule has 0 bridgehead atoms. The zero-order valence-electron chi connectivity index (χ0n) is 8.13.